The SMILES string of the molecule is CCC1(CC(O)(Cc2cccc(CC(=O)NCc3ccc(Cl)cc3)c2)c2ccc(O)c(CO)c2)C=CC=N1. The molecule has 0 bridgehead atoms. The maximum absolute atomic E-state index is 12.6. The van der Waals surface area contributed by atoms with Gasteiger partial charge >= 0.3 is 0 Å². The van der Waals surface area contributed by atoms with Crippen molar-refractivity contribution < 1.29 is 20.1 Å². The lowest BCUT2D eigenvalue weighted by Crippen LogP contribution is -2.38. The van der Waals surface area contributed by atoms with E-state index in [9.17, 15) is 20.1 Å². The van der Waals surface area contributed by atoms with Gasteiger partial charge in [-0.3, -0.25) is 9.79 Å². The molecule has 0 radical (unpaired) electrons. The van der Waals surface area contributed by atoms with E-state index in [0.717, 1.165) is 16.7 Å². The van der Waals surface area contributed by atoms with Crippen molar-refractivity contribution in [3.05, 3.63) is 112 Å². The van der Waals surface area contributed by atoms with Crippen molar-refractivity contribution in [3.8, 4) is 5.75 Å². The summed E-state index contributed by atoms with van der Waals surface area (Å²) in [5, 5.41) is 35.5. The van der Waals surface area contributed by atoms with Crippen LogP contribution in [0.2, 0.25) is 5.02 Å². The molecule has 4 N–H and O–H groups in total. The lowest BCUT2D eigenvalue weighted by molar-refractivity contribution is -0.120. The zero-order chi connectivity index (χ0) is 27.2. The fourth-order valence-electron chi connectivity index (χ4n) is 4.91. The van der Waals surface area contributed by atoms with Crippen molar-refractivity contribution in [2.75, 3.05) is 0 Å². The second-order valence-corrected chi connectivity index (χ2v) is 10.3. The summed E-state index contributed by atoms with van der Waals surface area (Å²) >= 11 is 5.93. The molecule has 6 nitrogen and oxygen atoms in total. The highest BCUT2D eigenvalue weighted by molar-refractivity contribution is 6.30. The van der Waals surface area contributed by atoms with E-state index < -0.39 is 11.1 Å². The van der Waals surface area contributed by atoms with Crippen molar-refractivity contribution in [2.45, 2.75) is 56.9 Å². The van der Waals surface area contributed by atoms with E-state index in [4.69, 9.17) is 11.6 Å². The molecule has 2 unspecified atom stereocenters. The number of carbonyl (C=O) groups is 1. The normalized spacial score (nSPS) is 17.9. The van der Waals surface area contributed by atoms with E-state index in [-0.39, 0.29) is 31.1 Å². The van der Waals surface area contributed by atoms with Crippen LogP contribution in [0.25, 0.3) is 0 Å². The van der Waals surface area contributed by atoms with Crippen LogP contribution < -0.4 is 5.32 Å². The molecule has 198 valence electrons. The van der Waals surface area contributed by atoms with Gasteiger partial charge in [-0.15, -0.1) is 0 Å². The summed E-state index contributed by atoms with van der Waals surface area (Å²) in [4.78, 5) is 17.3. The van der Waals surface area contributed by atoms with Crippen molar-refractivity contribution in [3.63, 3.8) is 0 Å². The van der Waals surface area contributed by atoms with E-state index in [2.05, 4.69) is 10.3 Å². The number of nitrogens with one attached hydrogen (secondary N) is 1. The standard InChI is InChI=1S/C31H33ClN2O4/c1-2-30(13-4-14-34-30)21-31(38,26-9-12-28(36)25(17-26)20-35)18-24-6-3-5-23(15-24)16-29(37)33-19-22-7-10-27(32)11-8-22/h3-15,17,35-36,38H,2,16,18-21H2,1H3,(H,33,37). The number of amides is 1. The highest BCUT2D eigenvalue weighted by Gasteiger charge is 2.40. The van der Waals surface area contributed by atoms with Gasteiger partial charge in [0.05, 0.1) is 24.2 Å². The zero-order valence-electron chi connectivity index (χ0n) is 21.4. The molecule has 1 aliphatic heterocycles. The lowest BCUT2D eigenvalue weighted by atomic mass is 9.75. The Hall–Kier alpha value is -3.45. The van der Waals surface area contributed by atoms with Crippen molar-refractivity contribution >= 4 is 23.7 Å². The number of nitrogens with zero attached hydrogens (tertiary/aromatic N) is 1. The molecule has 0 aromatic heterocycles. The highest BCUT2D eigenvalue weighted by atomic mass is 35.5. The van der Waals surface area contributed by atoms with Gasteiger partial charge in [-0.05, 0) is 59.0 Å². The minimum absolute atomic E-state index is 0.0193. The van der Waals surface area contributed by atoms with E-state index in [1.807, 2.05) is 55.5 Å². The number of benzene rings is 3. The Morgan fingerprint density at radius 2 is 1.82 bits per heavy atom. The number of halogens is 1. The number of aliphatic hydroxyl groups is 2. The number of rotatable bonds is 11. The Kier molecular flexibility index (Phi) is 8.67. The van der Waals surface area contributed by atoms with Crippen LogP contribution in [0.5, 0.6) is 5.75 Å². The van der Waals surface area contributed by atoms with Crippen LogP contribution in [0.4, 0.5) is 0 Å². The molecule has 38 heavy (non-hydrogen) atoms. The largest absolute Gasteiger partial charge is 0.508 e. The van der Waals surface area contributed by atoms with E-state index >= 15 is 0 Å². The number of carbonyl (C=O) groups excluding carboxylic acids is 1. The maximum atomic E-state index is 12.6. The van der Waals surface area contributed by atoms with Crippen molar-refractivity contribution in [1.82, 2.24) is 5.32 Å². The summed E-state index contributed by atoms with van der Waals surface area (Å²) in [5.41, 5.74) is 1.72. The lowest BCUT2D eigenvalue weighted by Gasteiger charge is -2.36. The average Bonchev–Trinajstić information content (AvgIpc) is 3.37. The van der Waals surface area contributed by atoms with Gasteiger partial charge in [0.2, 0.25) is 5.91 Å². The van der Waals surface area contributed by atoms with Crippen LogP contribution >= 0.6 is 11.6 Å². The summed E-state index contributed by atoms with van der Waals surface area (Å²) < 4.78 is 0. The minimum atomic E-state index is -1.34. The number of aromatic hydroxyl groups is 1. The second-order valence-electron chi connectivity index (χ2n) is 9.88. The van der Waals surface area contributed by atoms with Gasteiger partial charge in [-0.1, -0.05) is 67.1 Å². The summed E-state index contributed by atoms with van der Waals surface area (Å²) in [6.07, 6.45) is 7.17. The molecular formula is C31H33ClN2O4. The Labute approximate surface area is 228 Å². The number of phenols is 1. The molecule has 3 aromatic carbocycles. The predicted octanol–water partition coefficient (Wildman–Crippen LogP) is 5.01. The second kappa shape index (κ2) is 11.9. The monoisotopic (exact) mass is 532 g/mol. The molecule has 4 rings (SSSR count). The maximum Gasteiger partial charge on any atom is 0.224 e. The molecule has 2 atom stereocenters. The van der Waals surface area contributed by atoms with E-state index in [1.165, 1.54) is 6.07 Å². The fourth-order valence-corrected chi connectivity index (χ4v) is 5.03. The first-order chi connectivity index (χ1) is 18.2. The van der Waals surface area contributed by atoms with Gasteiger partial charge in [0.15, 0.2) is 0 Å². The first-order valence-corrected chi connectivity index (χ1v) is 13.1. The molecular weight excluding hydrogens is 500 g/mol. The fraction of sp³-hybridized carbons (Fsp3) is 0.290. The van der Waals surface area contributed by atoms with Crippen molar-refractivity contribution in [2.24, 2.45) is 4.99 Å². The molecule has 0 saturated heterocycles. The highest BCUT2D eigenvalue weighted by Crippen LogP contribution is 2.40. The van der Waals surface area contributed by atoms with Crippen molar-refractivity contribution in [1.29, 1.82) is 0 Å². The topological polar surface area (TPSA) is 102 Å². The van der Waals surface area contributed by atoms with Crippen LogP contribution in [0.3, 0.4) is 0 Å². The Bertz CT molecular complexity index is 1320. The molecule has 7 heteroatoms. The summed E-state index contributed by atoms with van der Waals surface area (Å²) in [7, 11) is 0. The Morgan fingerprint density at radius 1 is 1.05 bits per heavy atom. The first-order valence-electron chi connectivity index (χ1n) is 12.7. The third-order valence-corrected chi connectivity index (χ3v) is 7.33. The smallest absolute Gasteiger partial charge is 0.224 e. The predicted molar refractivity (Wildman–Crippen MR) is 150 cm³/mol. The third kappa shape index (κ3) is 6.70. The minimum Gasteiger partial charge on any atom is -0.508 e. The molecule has 3 aromatic rings. The molecule has 0 aliphatic carbocycles. The van der Waals surface area contributed by atoms with Crippen LogP contribution in [-0.2, 0) is 36.4 Å². The Balaban J connectivity index is 1.54. The summed E-state index contributed by atoms with van der Waals surface area (Å²) in [5.74, 6) is -0.122. The number of hydrogen-bond donors (Lipinski definition) is 4. The molecule has 1 aliphatic rings. The van der Waals surface area contributed by atoms with Gasteiger partial charge in [0.25, 0.3) is 0 Å². The van der Waals surface area contributed by atoms with Gasteiger partial charge in [-0.2, -0.15) is 0 Å². The molecule has 1 heterocycles. The van der Waals surface area contributed by atoms with Gasteiger partial charge in [0, 0.05) is 36.2 Å². The number of allylic oxidation sites excluding steroid dienone is 1. The van der Waals surface area contributed by atoms with Gasteiger partial charge in [-0.25, -0.2) is 0 Å². The number of aliphatic imine (C=N–C) groups is 1. The average molecular weight is 533 g/mol. The van der Waals surface area contributed by atoms with E-state index in [0.29, 0.717) is 35.5 Å². The van der Waals surface area contributed by atoms with Gasteiger partial charge < -0.3 is 20.6 Å². The van der Waals surface area contributed by atoms with Crippen LogP contribution in [0.15, 0.2) is 83.9 Å². The van der Waals surface area contributed by atoms with Crippen LogP contribution in [0.1, 0.15) is 47.6 Å². The molecule has 0 spiro atoms. The zero-order valence-corrected chi connectivity index (χ0v) is 22.2. The number of aliphatic hydroxyl groups excluding tert-OH is 1. The molecule has 1 amide bonds. The van der Waals surface area contributed by atoms with E-state index in [1.54, 1.807) is 30.5 Å². The number of hydrogen-bond acceptors (Lipinski definition) is 5. The van der Waals surface area contributed by atoms with Crippen LogP contribution in [-0.4, -0.2) is 33.0 Å². The summed E-state index contributed by atoms with van der Waals surface area (Å²) in [6.45, 7) is 2.11. The summed E-state index contributed by atoms with van der Waals surface area (Å²) in [6, 6.07) is 19.8. The van der Waals surface area contributed by atoms with Gasteiger partial charge in [0.1, 0.15) is 5.75 Å². The third-order valence-electron chi connectivity index (χ3n) is 7.08. The molecule has 0 fully saturated rings. The quantitative estimate of drug-likeness (QED) is 0.279. The van der Waals surface area contributed by atoms with Crippen LogP contribution in [0, 0.1) is 0 Å². The molecule has 0 saturated carbocycles. The first kappa shape index (κ1) is 27.6. The Morgan fingerprint density at radius 3 is 2.50 bits per heavy atom.